The summed E-state index contributed by atoms with van der Waals surface area (Å²) < 4.78 is 0.608. The molecule has 0 amide bonds. The van der Waals surface area contributed by atoms with Gasteiger partial charge in [0.2, 0.25) is 0 Å². The zero-order valence-corrected chi connectivity index (χ0v) is 10.5. The number of benzene rings is 1. The maximum absolute atomic E-state index is 11.0. The van der Waals surface area contributed by atoms with Crippen molar-refractivity contribution in [2.24, 2.45) is 10.9 Å². The molecule has 6 heteroatoms. The fourth-order valence-corrected chi connectivity index (χ4v) is 1.49. The number of hydrogen-bond donors (Lipinski definition) is 2. The van der Waals surface area contributed by atoms with Crippen molar-refractivity contribution in [3.63, 3.8) is 0 Å². The van der Waals surface area contributed by atoms with E-state index < -0.39 is 23.6 Å². The summed E-state index contributed by atoms with van der Waals surface area (Å²) in [5.74, 6) is -3.73. The Hall–Kier alpha value is -1.69. The van der Waals surface area contributed by atoms with Gasteiger partial charge in [-0.15, -0.1) is 0 Å². The van der Waals surface area contributed by atoms with Crippen LogP contribution in [-0.2, 0) is 9.59 Å². The molecule has 0 spiro atoms. The molecule has 0 aromatic heterocycles. The Balaban J connectivity index is 3.20. The Labute approximate surface area is 106 Å². The van der Waals surface area contributed by atoms with Crippen LogP contribution in [0.25, 0.3) is 0 Å². The highest BCUT2D eigenvalue weighted by Gasteiger charge is 2.24. The van der Waals surface area contributed by atoms with Gasteiger partial charge in [0.25, 0.3) is 0 Å². The molecule has 1 aromatic rings. The number of hydrogen-bond acceptors (Lipinski definition) is 3. The van der Waals surface area contributed by atoms with Crippen LogP contribution in [0.4, 0.5) is 5.69 Å². The van der Waals surface area contributed by atoms with Crippen molar-refractivity contribution in [3.05, 3.63) is 28.7 Å². The second-order valence-corrected chi connectivity index (χ2v) is 4.17. The van der Waals surface area contributed by atoms with E-state index in [1.807, 2.05) is 0 Å². The van der Waals surface area contributed by atoms with Crippen LogP contribution in [0, 0.1) is 5.92 Å². The fourth-order valence-electron chi connectivity index (χ4n) is 1.12. The molecular weight excluding hydrogens is 290 g/mol. The van der Waals surface area contributed by atoms with E-state index in [0.29, 0.717) is 10.2 Å². The molecule has 0 bridgehead atoms. The van der Waals surface area contributed by atoms with Crippen molar-refractivity contribution in [2.45, 2.75) is 6.92 Å². The third-order valence-electron chi connectivity index (χ3n) is 2.09. The van der Waals surface area contributed by atoms with Gasteiger partial charge in [-0.25, -0.2) is 9.79 Å². The van der Waals surface area contributed by atoms with E-state index in [2.05, 4.69) is 20.9 Å². The number of aliphatic carboxylic acids is 2. The largest absolute Gasteiger partial charge is 0.481 e. The summed E-state index contributed by atoms with van der Waals surface area (Å²) >= 11 is 3.21. The zero-order chi connectivity index (χ0) is 13.0. The van der Waals surface area contributed by atoms with Crippen molar-refractivity contribution in [1.82, 2.24) is 0 Å². The van der Waals surface area contributed by atoms with Gasteiger partial charge >= 0.3 is 11.9 Å². The minimum atomic E-state index is -1.34. The number of rotatable bonds is 4. The number of para-hydroxylation sites is 1. The van der Waals surface area contributed by atoms with Crippen LogP contribution in [0.15, 0.2) is 33.7 Å². The van der Waals surface area contributed by atoms with E-state index >= 15 is 0 Å². The molecule has 2 N–H and O–H groups in total. The first-order chi connectivity index (χ1) is 7.93. The SMILES string of the molecule is CC(C(=O)O)C(=Nc1ccccc1Br)C(=O)O. The van der Waals surface area contributed by atoms with Crippen molar-refractivity contribution in [1.29, 1.82) is 0 Å². The highest BCUT2D eigenvalue weighted by Crippen LogP contribution is 2.25. The molecule has 0 saturated heterocycles. The molecule has 5 nitrogen and oxygen atoms in total. The predicted octanol–water partition coefficient (Wildman–Crippen LogP) is 2.33. The highest BCUT2D eigenvalue weighted by atomic mass is 79.9. The number of carboxylic acid groups (broad SMARTS) is 2. The summed E-state index contributed by atoms with van der Waals surface area (Å²) in [6.45, 7) is 1.28. The Morgan fingerprint density at radius 2 is 1.88 bits per heavy atom. The average molecular weight is 300 g/mol. The van der Waals surface area contributed by atoms with Crippen LogP contribution >= 0.6 is 15.9 Å². The molecule has 90 valence electrons. The van der Waals surface area contributed by atoms with Gasteiger partial charge in [-0.05, 0) is 35.0 Å². The lowest BCUT2D eigenvalue weighted by Gasteiger charge is -2.06. The zero-order valence-electron chi connectivity index (χ0n) is 8.92. The third kappa shape index (κ3) is 3.39. The molecule has 1 rings (SSSR count). The summed E-state index contributed by atoms with van der Waals surface area (Å²) in [6.07, 6.45) is 0. The van der Waals surface area contributed by atoms with E-state index in [4.69, 9.17) is 10.2 Å². The van der Waals surface area contributed by atoms with Crippen LogP contribution in [0.1, 0.15) is 6.92 Å². The first-order valence-corrected chi connectivity index (χ1v) is 5.52. The standard InChI is InChI=1S/C11H10BrNO4/c1-6(10(14)15)9(11(16)17)13-8-5-3-2-4-7(8)12/h2-6H,1H3,(H,14,15)(H,16,17). The quantitative estimate of drug-likeness (QED) is 0.835. The molecule has 1 aromatic carbocycles. The molecule has 0 aliphatic rings. The van der Waals surface area contributed by atoms with E-state index in [-0.39, 0.29) is 0 Å². The van der Waals surface area contributed by atoms with E-state index in [9.17, 15) is 9.59 Å². The second kappa shape index (κ2) is 5.58. The molecule has 0 heterocycles. The van der Waals surface area contributed by atoms with Crippen molar-refractivity contribution in [3.8, 4) is 0 Å². The smallest absolute Gasteiger partial charge is 0.351 e. The molecule has 0 aliphatic heterocycles. The van der Waals surface area contributed by atoms with Crippen LogP contribution < -0.4 is 0 Å². The third-order valence-corrected chi connectivity index (χ3v) is 2.76. The molecule has 0 fully saturated rings. The number of halogens is 1. The normalized spacial score (nSPS) is 13.2. The van der Waals surface area contributed by atoms with Crippen LogP contribution in [0.2, 0.25) is 0 Å². The van der Waals surface area contributed by atoms with Crippen LogP contribution in [0.5, 0.6) is 0 Å². The number of aliphatic imine (C=N–C) groups is 1. The molecule has 0 radical (unpaired) electrons. The molecule has 0 aliphatic carbocycles. The number of carboxylic acids is 2. The molecule has 1 atom stereocenters. The van der Waals surface area contributed by atoms with E-state index in [1.165, 1.54) is 6.92 Å². The predicted molar refractivity (Wildman–Crippen MR) is 65.7 cm³/mol. The average Bonchev–Trinajstić information content (AvgIpc) is 2.26. The van der Waals surface area contributed by atoms with Gasteiger partial charge in [0, 0.05) is 4.47 Å². The van der Waals surface area contributed by atoms with Gasteiger partial charge < -0.3 is 10.2 Å². The summed E-state index contributed by atoms with van der Waals surface area (Å²) in [7, 11) is 0. The summed E-state index contributed by atoms with van der Waals surface area (Å²) in [5.41, 5.74) is -0.0117. The van der Waals surface area contributed by atoms with Crippen molar-refractivity contribution in [2.75, 3.05) is 0 Å². The van der Waals surface area contributed by atoms with Crippen molar-refractivity contribution >= 4 is 39.3 Å². The Bertz CT molecular complexity index is 484. The lowest BCUT2D eigenvalue weighted by Crippen LogP contribution is -2.27. The Kier molecular flexibility index (Phi) is 4.39. The van der Waals surface area contributed by atoms with Gasteiger partial charge in [0.05, 0.1) is 5.69 Å². The highest BCUT2D eigenvalue weighted by molar-refractivity contribution is 9.10. The Morgan fingerprint density at radius 1 is 1.29 bits per heavy atom. The van der Waals surface area contributed by atoms with Gasteiger partial charge in [-0.2, -0.15) is 0 Å². The fraction of sp³-hybridized carbons (Fsp3) is 0.182. The van der Waals surface area contributed by atoms with E-state index in [0.717, 1.165) is 0 Å². The van der Waals surface area contributed by atoms with Crippen LogP contribution in [-0.4, -0.2) is 27.9 Å². The van der Waals surface area contributed by atoms with Gasteiger partial charge in [0.1, 0.15) is 11.6 Å². The first-order valence-electron chi connectivity index (χ1n) is 4.72. The first kappa shape index (κ1) is 13.4. The monoisotopic (exact) mass is 299 g/mol. The summed E-state index contributed by atoms with van der Waals surface area (Å²) in [6, 6.07) is 6.74. The number of nitrogens with zero attached hydrogens (tertiary/aromatic N) is 1. The Morgan fingerprint density at radius 3 is 2.35 bits per heavy atom. The minimum absolute atomic E-state index is 0.387. The summed E-state index contributed by atoms with van der Waals surface area (Å²) in [4.78, 5) is 25.6. The van der Waals surface area contributed by atoms with Gasteiger partial charge in [0.15, 0.2) is 0 Å². The molecule has 17 heavy (non-hydrogen) atoms. The molecule has 1 unspecified atom stereocenters. The maximum Gasteiger partial charge on any atom is 0.351 e. The lowest BCUT2D eigenvalue weighted by molar-refractivity contribution is -0.140. The minimum Gasteiger partial charge on any atom is -0.481 e. The second-order valence-electron chi connectivity index (χ2n) is 3.31. The van der Waals surface area contributed by atoms with E-state index in [1.54, 1.807) is 24.3 Å². The van der Waals surface area contributed by atoms with Crippen molar-refractivity contribution < 1.29 is 19.8 Å². The molecule has 0 saturated carbocycles. The lowest BCUT2D eigenvalue weighted by atomic mass is 10.1. The summed E-state index contributed by atoms with van der Waals surface area (Å²) in [5, 5.41) is 17.7. The maximum atomic E-state index is 11.0. The van der Waals surface area contributed by atoms with Gasteiger partial charge in [-0.3, -0.25) is 4.79 Å². The molecular formula is C11H10BrNO4. The van der Waals surface area contributed by atoms with Gasteiger partial charge in [-0.1, -0.05) is 12.1 Å². The number of carbonyl (C=O) groups is 2. The van der Waals surface area contributed by atoms with Crippen LogP contribution in [0.3, 0.4) is 0 Å². The topological polar surface area (TPSA) is 87.0 Å².